The number of nitrogens with zero attached hydrogens (tertiary/aromatic N) is 3. The quantitative estimate of drug-likeness (QED) is 0.664. The monoisotopic (exact) mass is 400 g/mol. The molecule has 5 nitrogen and oxygen atoms in total. The van der Waals surface area contributed by atoms with Gasteiger partial charge in [0, 0.05) is 24.3 Å². The number of aromatic nitrogens is 2. The number of aryl methyl sites for hydroxylation is 1. The average molecular weight is 401 g/mol. The van der Waals surface area contributed by atoms with Crippen LogP contribution in [0.3, 0.4) is 0 Å². The Hall–Kier alpha value is -3.21. The van der Waals surface area contributed by atoms with E-state index >= 15 is 0 Å². The van der Waals surface area contributed by atoms with Crippen molar-refractivity contribution in [3.8, 4) is 11.3 Å². The van der Waals surface area contributed by atoms with Gasteiger partial charge in [-0.15, -0.1) is 10.2 Å². The maximum Gasteiger partial charge on any atom is 0.228 e. The minimum atomic E-state index is -0.0292. The molecule has 154 valence electrons. The lowest BCUT2D eigenvalue weighted by Gasteiger charge is -2.30. The number of piperidine rings is 1. The Balaban J connectivity index is 1.42. The average Bonchev–Trinajstić information content (AvgIpc) is 2.74. The van der Waals surface area contributed by atoms with Crippen molar-refractivity contribution in [1.29, 1.82) is 0 Å². The first-order chi connectivity index (χ1) is 14.6. The standard InChI is InChI=1S/C25H28N4O/c1-18-11-13-29(14-12-18)24-10-9-23(27-28-24)21-7-4-8-22(17-21)26-25(30)16-20-6-3-5-19(2)15-20/h3-10,15,17-18H,11-14,16H2,1-2H3,(H,26,30). The lowest BCUT2D eigenvalue weighted by atomic mass is 9.99. The molecule has 3 aromatic rings. The van der Waals surface area contributed by atoms with Gasteiger partial charge < -0.3 is 10.2 Å². The van der Waals surface area contributed by atoms with Gasteiger partial charge in [-0.05, 0) is 55.5 Å². The van der Waals surface area contributed by atoms with Crippen LogP contribution in [-0.2, 0) is 11.2 Å². The molecule has 4 rings (SSSR count). The van der Waals surface area contributed by atoms with Crippen molar-refractivity contribution in [2.24, 2.45) is 5.92 Å². The summed E-state index contributed by atoms with van der Waals surface area (Å²) < 4.78 is 0. The molecule has 1 fully saturated rings. The Kier molecular flexibility index (Phi) is 6.07. The third-order valence-corrected chi connectivity index (χ3v) is 5.65. The van der Waals surface area contributed by atoms with Gasteiger partial charge in [0.05, 0.1) is 12.1 Å². The maximum absolute atomic E-state index is 12.4. The fourth-order valence-electron chi connectivity index (χ4n) is 3.85. The second-order valence-electron chi connectivity index (χ2n) is 8.24. The van der Waals surface area contributed by atoms with Gasteiger partial charge in [0.25, 0.3) is 0 Å². The molecule has 1 aliphatic heterocycles. The van der Waals surface area contributed by atoms with Gasteiger partial charge >= 0.3 is 0 Å². The number of carbonyl (C=O) groups excluding carboxylic acids is 1. The second-order valence-corrected chi connectivity index (χ2v) is 8.24. The molecule has 30 heavy (non-hydrogen) atoms. The van der Waals surface area contributed by atoms with Crippen molar-refractivity contribution in [3.05, 3.63) is 71.8 Å². The van der Waals surface area contributed by atoms with Crippen molar-refractivity contribution in [3.63, 3.8) is 0 Å². The summed E-state index contributed by atoms with van der Waals surface area (Å²) in [7, 11) is 0. The number of hydrogen-bond donors (Lipinski definition) is 1. The number of carbonyl (C=O) groups is 1. The van der Waals surface area contributed by atoms with Crippen LogP contribution >= 0.6 is 0 Å². The molecule has 1 saturated heterocycles. The van der Waals surface area contributed by atoms with Gasteiger partial charge in [-0.25, -0.2) is 0 Å². The van der Waals surface area contributed by atoms with Crippen LogP contribution in [0.2, 0.25) is 0 Å². The molecule has 0 atom stereocenters. The molecule has 0 radical (unpaired) electrons. The van der Waals surface area contributed by atoms with Gasteiger partial charge in [0.15, 0.2) is 5.82 Å². The Labute approximate surface area is 178 Å². The highest BCUT2D eigenvalue weighted by Gasteiger charge is 2.17. The van der Waals surface area contributed by atoms with E-state index in [1.165, 1.54) is 12.8 Å². The molecule has 2 heterocycles. The summed E-state index contributed by atoms with van der Waals surface area (Å²) in [6, 6.07) is 19.8. The Morgan fingerprint density at radius 2 is 1.83 bits per heavy atom. The first-order valence-corrected chi connectivity index (χ1v) is 10.6. The summed E-state index contributed by atoms with van der Waals surface area (Å²) >= 11 is 0. The van der Waals surface area contributed by atoms with E-state index in [1.54, 1.807) is 0 Å². The normalized spacial score (nSPS) is 14.5. The van der Waals surface area contributed by atoms with Crippen LogP contribution in [0, 0.1) is 12.8 Å². The molecule has 0 bridgehead atoms. The number of nitrogens with one attached hydrogen (secondary N) is 1. The minimum absolute atomic E-state index is 0.0292. The summed E-state index contributed by atoms with van der Waals surface area (Å²) in [6.07, 6.45) is 2.76. The maximum atomic E-state index is 12.4. The molecule has 2 aromatic carbocycles. The lowest BCUT2D eigenvalue weighted by Crippen LogP contribution is -2.33. The van der Waals surface area contributed by atoms with Crippen molar-refractivity contribution in [1.82, 2.24) is 10.2 Å². The minimum Gasteiger partial charge on any atom is -0.355 e. The van der Waals surface area contributed by atoms with Crippen LogP contribution in [0.5, 0.6) is 0 Å². The topological polar surface area (TPSA) is 58.1 Å². The lowest BCUT2D eigenvalue weighted by molar-refractivity contribution is -0.115. The predicted octanol–water partition coefficient (Wildman–Crippen LogP) is 4.87. The zero-order chi connectivity index (χ0) is 20.9. The van der Waals surface area contributed by atoms with E-state index in [9.17, 15) is 4.79 Å². The van der Waals surface area contributed by atoms with E-state index in [0.29, 0.717) is 6.42 Å². The van der Waals surface area contributed by atoms with Crippen LogP contribution in [0.25, 0.3) is 11.3 Å². The number of hydrogen-bond acceptors (Lipinski definition) is 4. The van der Waals surface area contributed by atoms with Gasteiger partial charge in [-0.2, -0.15) is 0 Å². The molecule has 1 amide bonds. The Morgan fingerprint density at radius 3 is 2.57 bits per heavy atom. The second kappa shape index (κ2) is 9.08. The van der Waals surface area contributed by atoms with Crippen molar-refractivity contribution in [2.75, 3.05) is 23.3 Å². The summed E-state index contributed by atoms with van der Waals surface area (Å²) in [5, 5.41) is 11.9. The highest BCUT2D eigenvalue weighted by Crippen LogP contribution is 2.24. The molecular formula is C25H28N4O. The van der Waals surface area contributed by atoms with Gasteiger partial charge in [0.2, 0.25) is 5.91 Å². The molecule has 0 saturated carbocycles. The van der Waals surface area contributed by atoms with Crippen LogP contribution in [0.4, 0.5) is 11.5 Å². The van der Waals surface area contributed by atoms with E-state index in [1.807, 2.05) is 67.6 Å². The van der Waals surface area contributed by atoms with E-state index in [0.717, 1.165) is 52.9 Å². The summed E-state index contributed by atoms with van der Waals surface area (Å²) in [6.45, 7) is 6.41. The van der Waals surface area contributed by atoms with E-state index in [4.69, 9.17) is 0 Å². The van der Waals surface area contributed by atoms with Crippen molar-refractivity contribution in [2.45, 2.75) is 33.1 Å². The summed E-state index contributed by atoms with van der Waals surface area (Å²) in [5.74, 6) is 1.70. The van der Waals surface area contributed by atoms with Crippen molar-refractivity contribution < 1.29 is 4.79 Å². The van der Waals surface area contributed by atoms with E-state index < -0.39 is 0 Å². The molecular weight excluding hydrogens is 372 g/mol. The smallest absolute Gasteiger partial charge is 0.228 e. The fraction of sp³-hybridized carbons (Fsp3) is 0.320. The van der Waals surface area contributed by atoms with Crippen LogP contribution in [0.1, 0.15) is 30.9 Å². The van der Waals surface area contributed by atoms with Crippen LogP contribution in [-0.4, -0.2) is 29.2 Å². The third-order valence-electron chi connectivity index (χ3n) is 5.65. The Morgan fingerprint density at radius 1 is 1.03 bits per heavy atom. The highest BCUT2D eigenvalue weighted by atomic mass is 16.1. The number of rotatable bonds is 5. The molecule has 1 aliphatic rings. The molecule has 1 N–H and O–H groups in total. The SMILES string of the molecule is Cc1cccc(CC(=O)Nc2cccc(-c3ccc(N4CCC(C)CC4)nn3)c2)c1. The number of amides is 1. The third kappa shape index (κ3) is 5.03. The predicted molar refractivity (Wildman–Crippen MR) is 122 cm³/mol. The molecule has 0 unspecified atom stereocenters. The molecule has 0 spiro atoms. The van der Waals surface area contributed by atoms with Gasteiger partial charge in [0.1, 0.15) is 0 Å². The summed E-state index contributed by atoms with van der Waals surface area (Å²) in [4.78, 5) is 14.7. The summed E-state index contributed by atoms with van der Waals surface area (Å²) in [5.41, 5.74) is 4.68. The zero-order valence-electron chi connectivity index (χ0n) is 17.6. The first-order valence-electron chi connectivity index (χ1n) is 10.6. The van der Waals surface area contributed by atoms with E-state index in [2.05, 4.69) is 27.3 Å². The zero-order valence-corrected chi connectivity index (χ0v) is 17.6. The molecule has 1 aromatic heterocycles. The van der Waals surface area contributed by atoms with Crippen LogP contribution in [0.15, 0.2) is 60.7 Å². The first kappa shape index (κ1) is 20.1. The largest absolute Gasteiger partial charge is 0.355 e. The number of anilines is 2. The Bertz CT molecular complexity index is 1010. The van der Waals surface area contributed by atoms with Gasteiger partial charge in [-0.3, -0.25) is 4.79 Å². The van der Waals surface area contributed by atoms with Crippen molar-refractivity contribution >= 4 is 17.4 Å². The molecule has 0 aliphatic carbocycles. The number of benzene rings is 2. The molecule has 5 heteroatoms. The van der Waals surface area contributed by atoms with Gasteiger partial charge in [-0.1, -0.05) is 48.9 Å². The highest BCUT2D eigenvalue weighted by molar-refractivity contribution is 5.92. The van der Waals surface area contributed by atoms with E-state index in [-0.39, 0.29) is 5.91 Å². The fourth-order valence-corrected chi connectivity index (χ4v) is 3.85. The van der Waals surface area contributed by atoms with Crippen LogP contribution < -0.4 is 10.2 Å².